The van der Waals surface area contributed by atoms with E-state index in [2.05, 4.69) is 123 Å². The number of rotatable bonds is 20. The smallest absolute Gasteiger partial charge is 0.256 e. The van der Waals surface area contributed by atoms with Crippen LogP contribution in [0.5, 0.6) is 0 Å². The van der Waals surface area contributed by atoms with Crippen LogP contribution in [0.2, 0.25) is 0 Å². The molecule has 0 aliphatic carbocycles. The van der Waals surface area contributed by atoms with Gasteiger partial charge in [-0.25, -0.2) is 41.5 Å². The number of nitrogens with zero attached hydrogens (tertiary/aromatic N) is 11. The Labute approximate surface area is 433 Å². The SMILES string of the molecule is [C-]#[N+]CCCP(=S)(N[C@H]1C[C@H](n2cnc3c(NC(=O)c4ccccc4)ncnc32)O[C@@H]1CO)OC[C@H]1O[C@@H](n2cnc3c(N=CN(C)C)ncnc32)C[C@@H]1NC(c1ccccc1)(c1ccccc1)c1ccccc1. The standard InChI is InChI=1S/C53H55N14O5PS/c1-54-25-16-26-73(74,64-41-28-45(71-42(41)29-68)67-35-60-47-49(56-32-58-51(47)67)62-52(69)36-17-8-4-9-18-36)70-30-43-40(27-44(72-43)66-34-59-46-48(61-33-65(2)3)55-31-57-50(46)66)63-53(37-19-10-5-11-20-37,38-21-12-6-13-22-38)39-23-14-7-15-24-39/h4-15,17-24,31-35,40-45,63,68H,16,25-30H2,2-3H3,(H,64,74)(H,56,58,62,69)/t40-,41-,42+,43+,44+,45+,73?/m0/s1. The van der Waals surface area contributed by atoms with Gasteiger partial charge in [0, 0.05) is 57.2 Å². The van der Waals surface area contributed by atoms with Gasteiger partial charge in [-0.15, -0.1) is 0 Å². The first kappa shape index (κ1) is 50.4. The normalized spacial score (nSPS) is 20.7. The summed E-state index contributed by atoms with van der Waals surface area (Å²) in [6, 6.07) is 39.2. The van der Waals surface area contributed by atoms with E-state index in [9.17, 15) is 9.90 Å². The molecule has 4 aromatic carbocycles. The van der Waals surface area contributed by atoms with Crippen LogP contribution in [0, 0.1) is 6.57 Å². The number of imidazole rings is 2. The third-order valence-electron chi connectivity index (χ3n) is 13.2. The molecule has 378 valence electrons. The van der Waals surface area contributed by atoms with Gasteiger partial charge in [0.25, 0.3) is 5.91 Å². The number of ether oxygens (including phenoxy) is 2. The number of aliphatic hydroxyl groups excluding tert-OH is 1. The van der Waals surface area contributed by atoms with E-state index in [1.807, 2.05) is 47.8 Å². The number of carbonyl (C=O) groups is 1. The lowest BCUT2D eigenvalue weighted by molar-refractivity contribution is -0.0252. The fourth-order valence-corrected chi connectivity index (χ4v) is 12.7. The van der Waals surface area contributed by atoms with Crippen LogP contribution < -0.4 is 15.7 Å². The predicted octanol–water partition coefficient (Wildman–Crippen LogP) is 7.25. The van der Waals surface area contributed by atoms with Crippen LogP contribution in [-0.2, 0) is 31.3 Å². The van der Waals surface area contributed by atoms with E-state index in [1.54, 1.807) is 47.8 Å². The van der Waals surface area contributed by atoms with Crippen molar-refractivity contribution in [3.05, 3.63) is 180 Å². The van der Waals surface area contributed by atoms with Gasteiger partial charge >= 0.3 is 0 Å². The van der Waals surface area contributed by atoms with Crippen LogP contribution in [0.1, 0.15) is 58.8 Å². The molecule has 2 aliphatic rings. The second-order valence-corrected chi connectivity index (χ2v) is 22.4. The number of fused-ring (bicyclic) bond motifs is 2. The second kappa shape index (κ2) is 22.5. The average molecular weight is 1030 g/mol. The molecule has 4 aromatic heterocycles. The van der Waals surface area contributed by atoms with E-state index in [-0.39, 0.29) is 37.5 Å². The number of aliphatic hydroxyl groups is 1. The molecule has 0 spiro atoms. The molecule has 8 aromatic rings. The van der Waals surface area contributed by atoms with Gasteiger partial charge in [-0.05, 0) is 28.8 Å². The number of aromatic nitrogens is 8. The van der Waals surface area contributed by atoms with E-state index >= 15 is 0 Å². The van der Waals surface area contributed by atoms with Gasteiger partial charge in [0.05, 0.1) is 50.0 Å². The maximum absolute atomic E-state index is 13.1. The fraction of sp³-hybridized carbons (Fsp3) is 0.302. The number of amides is 1. The minimum absolute atomic E-state index is 0.0757. The molecule has 10 rings (SSSR count). The molecule has 0 saturated carbocycles. The summed E-state index contributed by atoms with van der Waals surface area (Å²) in [6.45, 7) is 7.65. The van der Waals surface area contributed by atoms with E-state index in [0.29, 0.717) is 59.1 Å². The zero-order valence-electron chi connectivity index (χ0n) is 40.7. The summed E-state index contributed by atoms with van der Waals surface area (Å²) < 4.78 is 24.4. The first-order chi connectivity index (χ1) is 36.2. The van der Waals surface area contributed by atoms with Crippen molar-refractivity contribution >= 4 is 64.4 Å². The Balaban J connectivity index is 0.962. The molecular formula is C53H55N14O5PS. The molecule has 2 fully saturated rings. The number of nitrogens with one attached hydrogen (secondary N) is 3. The summed E-state index contributed by atoms with van der Waals surface area (Å²) >= 11 is 6.54. The third-order valence-corrected chi connectivity index (χ3v) is 16.6. The third kappa shape index (κ3) is 10.6. The molecule has 1 amide bonds. The fourth-order valence-electron chi connectivity index (χ4n) is 9.72. The van der Waals surface area contributed by atoms with Gasteiger partial charge < -0.3 is 34.2 Å². The zero-order chi connectivity index (χ0) is 51.1. The second-order valence-electron chi connectivity index (χ2n) is 18.3. The van der Waals surface area contributed by atoms with E-state index < -0.39 is 42.7 Å². The summed E-state index contributed by atoms with van der Waals surface area (Å²) in [5, 5.41) is 21.5. The Morgan fingerprint density at radius 1 is 0.811 bits per heavy atom. The van der Waals surface area contributed by atoms with Gasteiger partial charge in [-0.3, -0.25) is 24.3 Å². The summed E-state index contributed by atoms with van der Waals surface area (Å²) in [7, 11) is 3.77. The van der Waals surface area contributed by atoms with Crippen molar-refractivity contribution in [1.82, 2.24) is 54.3 Å². The molecule has 19 nitrogen and oxygen atoms in total. The minimum Gasteiger partial charge on any atom is -0.394 e. The Hall–Kier alpha value is -7.18. The summed E-state index contributed by atoms with van der Waals surface area (Å²) in [5.41, 5.74) is 4.65. The molecule has 6 heterocycles. The van der Waals surface area contributed by atoms with Crippen molar-refractivity contribution in [3.8, 4) is 0 Å². The van der Waals surface area contributed by atoms with Crippen molar-refractivity contribution in [3.63, 3.8) is 0 Å². The first-order valence-electron chi connectivity index (χ1n) is 24.3. The monoisotopic (exact) mass is 1030 g/mol. The van der Waals surface area contributed by atoms with Crippen LogP contribution in [0.4, 0.5) is 11.6 Å². The van der Waals surface area contributed by atoms with Crippen molar-refractivity contribution in [2.45, 2.75) is 61.5 Å². The highest BCUT2D eigenvalue weighted by molar-refractivity contribution is 8.11. The lowest BCUT2D eigenvalue weighted by Gasteiger charge is -2.40. The van der Waals surface area contributed by atoms with Crippen LogP contribution in [0.25, 0.3) is 27.2 Å². The highest BCUT2D eigenvalue weighted by Gasteiger charge is 2.46. The highest BCUT2D eigenvalue weighted by atomic mass is 32.4. The number of anilines is 1. The Morgan fingerprint density at radius 2 is 1.36 bits per heavy atom. The minimum atomic E-state index is -3.02. The van der Waals surface area contributed by atoms with Crippen LogP contribution in [0.3, 0.4) is 0 Å². The topological polar surface area (TPSA) is 208 Å². The maximum Gasteiger partial charge on any atom is 0.256 e. The molecule has 0 radical (unpaired) electrons. The Kier molecular flexibility index (Phi) is 15.3. The van der Waals surface area contributed by atoms with Crippen molar-refractivity contribution in [2.75, 3.05) is 45.3 Å². The molecule has 0 bridgehead atoms. The number of aliphatic imine (C=N–C) groups is 1. The summed E-state index contributed by atoms with van der Waals surface area (Å²) in [4.78, 5) is 50.4. The lowest BCUT2D eigenvalue weighted by atomic mass is 9.76. The molecule has 4 N–H and O–H groups in total. The molecule has 2 saturated heterocycles. The zero-order valence-corrected chi connectivity index (χ0v) is 42.4. The van der Waals surface area contributed by atoms with E-state index in [1.165, 1.54) is 12.7 Å². The quantitative estimate of drug-likeness (QED) is 0.0148. The van der Waals surface area contributed by atoms with Gasteiger partial charge in [-0.2, -0.15) is 0 Å². The Morgan fingerprint density at radius 3 is 1.96 bits per heavy atom. The van der Waals surface area contributed by atoms with Gasteiger partial charge in [0.1, 0.15) is 31.5 Å². The molecule has 21 heteroatoms. The molecule has 1 unspecified atom stereocenters. The van der Waals surface area contributed by atoms with E-state index in [4.69, 9.17) is 37.4 Å². The molecule has 7 atom stereocenters. The summed E-state index contributed by atoms with van der Waals surface area (Å²) in [5.74, 6) is 0.353. The van der Waals surface area contributed by atoms with Gasteiger partial charge in [0.2, 0.25) is 6.54 Å². The van der Waals surface area contributed by atoms with Crippen molar-refractivity contribution in [1.29, 1.82) is 0 Å². The highest BCUT2D eigenvalue weighted by Crippen LogP contribution is 2.49. The van der Waals surface area contributed by atoms with Crippen LogP contribution in [0.15, 0.2) is 152 Å². The van der Waals surface area contributed by atoms with E-state index in [0.717, 1.165) is 16.7 Å². The lowest BCUT2D eigenvalue weighted by Crippen LogP contribution is -2.53. The Bertz CT molecular complexity index is 3210. The van der Waals surface area contributed by atoms with Crippen LogP contribution >= 0.6 is 6.42 Å². The maximum atomic E-state index is 13.1. The summed E-state index contributed by atoms with van der Waals surface area (Å²) in [6.07, 6.45) is 4.11. The van der Waals surface area contributed by atoms with Gasteiger partial charge in [0.15, 0.2) is 34.0 Å². The molecular weight excluding hydrogens is 976 g/mol. The van der Waals surface area contributed by atoms with Crippen molar-refractivity contribution in [2.24, 2.45) is 4.99 Å². The molecule has 2 aliphatic heterocycles. The number of carbonyl (C=O) groups excluding carboxylic acids is 1. The van der Waals surface area contributed by atoms with Crippen molar-refractivity contribution < 1.29 is 23.9 Å². The van der Waals surface area contributed by atoms with Crippen LogP contribution in [-0.4, -0.2) is 126 Å². The number of hydrogen-bond donors (Lipinski definition) is 4. The average Bonchev–Trinajstić information content (AvgIpc) is 4.26. The predicted molar refractivity (Wildman–Crippen MR) is 285 cm³/mol. The molecule has 74 heavy (non-hydrogen) atoms. The number of hydrogen-bond acceptors (Lipinski definition) is 14. The van der Waals surface area contributed by atoms with Gasteiger partial charge in [-0.1, -0.05) is 121 Å². The number of benzene rings is 4. The largest absolute Gasteiger partial charge is 0.394 e. The first-order valence-corrected chi connectivity index (χ1v) is 27.2.